The number of rotatable bonds is 2. The van der Waals surface area contributed by atoms with Crippen molar-refractivity contribution in [3.05, 3.63) is 11.6 Å². The zero-order valence-electron chi connectivity index (χ0n) is 8.71. The van der Waals surface area contributed by atoms with Gasteiger partial charge in [-0.3, -0.25) is 5.10 Å². The second kappa shape index (κ2) is 4.55. The first-order chi connectivity index (χ1) is 6.90. The van der Waals surface area contributed by atoms with E-state index in [1.807, 2.05) is 0 Å². The third-order valence-electron chi connectivity index (χ3n) is 2.76. The average molecular weight is 194 g/mol. The van der Waals surface area contributed by atoms with Gasteiger partial charge in [-0.15, -0.1) is 0 Å². The van der Waals surface area contributed by atoms with Crippen molar-refractivity contribution in [2.45, 2.75) is 45.1 Å². The van der Waals surface area contributed by atoms with E-state index in [1.165, 1.54) is 25.7 Å². The molecule has 0 amide bonds. The van der Waals surface area contributed by atoms with Crippen LogP contribution in [0.2, 0.25) is 0 Å². The highest BCUT2D eigenvalue weighted by Crippen LogP contribution is 2.19. The predicted octanol–water partition coefficient (Wildman–Crippen LogP) is 1.57. The molecular weight excluding hydrogens is 176 g/mol. The van der Waals surface area contributed by atoms with Gasteiger partial charge >= 0.3 is 0 Å². The van der Waals surface area contributed by atoms with Crippen molar-refractivity contribution in [3.8, 4) is 0 Å². The van der Waals surface area contributed by atoms with E-state index in [-0.39, 0.29) is 0 Å². The molecule has 1 unspecified atom stereocenters. The maximum atomic E-state index is 4.46. The first-order valence-corrected chi connectivity index (χ1v) is 5.54. The summed E-state index contributed by atoms with van der Waals surface area (Å²) in [6.07, 6.45) is 5.99. The van der Waals surface area contributed by atoms with Gasteiger partial charge < -0.3 is 5.32 Å². The van der Waals surface area contributed by atoms with Crippen molar-refractivity contribution < 1.29 is 0 Å². The highest BCUT2D eigenvalue weighted by atomic mass is 15.2. The summed E-state index contributed by atoms with van der Waals surface area (Å²) in [6.45, 7) is 3.19. The molecule has 0 saturated carbocycles. The average Bonchev–Trinajstić information content (AvgIpc) is 2.53. The molecule has 78 valence electrons. The molecule has 0 bridgehead atoms. The minimum atomic E-state index is 0.369. The van der Waals surface area contributed by atoms with Crippen LogP contribution in [0.4, 0.5) is 0 Å². The lowest BCUT2D eigenvalue weighted by Gasteiger charge is -2.10. The fourth-order valence-corrected chi connectivity index (χ4v) is 1.87. The molecule has 1 aliphatic heterocycles. The Kier molecular flexibility index (Phi) is 3.14. The third kappa shape index (κ3) is 2.12. The van der Waals surface area contributed by atoms with Gasteiger partial charge in [0.2, 0.25) is 0 Å². The Labute approximate surface area is 84.5 Å². The van der Waals surface area contributed by atoms with Crippen LogP contribution in [0, 0.1) is 0 Å². The number of aryl methyl sites for hydroxylation is 1. The summed E-state index contributed by atoms with van der Waals surface area (Å²) in [5, 5.41) is 10.7. The van der Waals surface area contributed by atoms with Gasteiger partial charge in [0.15, 0.2) is 5.82 Å². The number of aromatic nitrogens is 3. The third-order valence-corrected chi connectivity index (χ3v) is 2.76. The molecule has 1 fully saturated rings. The Morgan fingerprint density at radius 1 is 1.36 bits per heavy atom. The lowest BCUT2D eigenvalue weighted by molar-refractivity contribution is 0.509. The van der Waals surface area contributed by atoms with E-state index in [9.17, 15) is 0 Å². The van der Waals surface area contributed by atoms with Crippen LogP contribution in [-0.2, 0) is 6.42 Å². The predicted molar refractivity (Wildman–Crippen MR) is 55.0 cm³/mol. The SMILES string of the molecule is CCc1nc(C2CCCCCN2)n[nH]1. The zero-order valence-corrected chi connectivity index (χ0v) is 8.71. The molecular formula is C10H18N4. The molecule has 1 aliphatic rings. The Hall–Kier alpha value is -0.900. The minimum absolute atomic E-state index is 0.369. The number of nitrogens with zero attached hydrogens (tertiary/aromatic N) is 2. The summed E-state index contributed by atoms with van der Waals surface area (Å²) >= 11 is 0. The molecule has 4 nitrogen and oxygen atoms in total. The first-order valence-electron chi connectivity index (χ1n) is 5.54. The van der Waals surface area contributed by atoms with Crippen LogP contribution >= 0.6 is 0 Å². The van der Waals surface area contributed by atoms with Crippen molar-refractivity contribution in [1.82, 2.24) is 20.5 Å². The van der Waals surface area contributed by atoms with Crippen molar-refractivity contribution in [3.63, 3.8) is 0 Å². The van der Waals surface area contributed by atoms with Gasteiger partial charge in [-0.1, -0.05) is 19.8 Å². The van der Waals surface area contributed by atoms with Crippen molar-refractivity contribution in [2.24, 2.45) is 0 Å². The van der Waals surface area contributed by atoms with E-state index < -0.39 is 0 Å². The molecule has 2 rings (SSSR count). The van der Waals surface area contributed by atoms with Crippen LogP contribution in [0.3, 0.4) is 0 Å². The molecule has 14 heavy (non-hydrogen) atoms. The fourth-order valence-electron chi connectivity index (χ4n) is 1.87. The molecule has 4 heteroatoms. The van der Waals surface area contributed by atoms with Gasteiger partial charge in [-0.25, -0.2) is 4.98 Å². The van der Waals surface area contributed by atoms with Gasteiger partial charge in [0.05, 0.1) is 6.04 Å². The molecule has 1 aromatic heterocycles. The summed E-state index contributed by atoms with van der Waals surface area (Å²) in [6, 6.07) is 0.369. The monoisotopic (exact) mass is 194 g/mol. The molecule has 1 atom stereocenters. The first kappa shape index (κ1) is 9.65. The highest BCUT2D eigenvalue weighted by molar-refractivity contribution is 4.97. The largest absolute Gasteiger partial charge is 0.307 e. The minimum Gasteiger partial charge on any atom is -0.307 e. The summed E-state index contributed by atoms with van der Waals surface area (Å²) in [7, 11) is 0. The van der Waals surface area contributed by atoms with Crippen LogP contribution in [0.15, 0.2) is 0 Å². The van der Waals surface area contributed by atoms with E-state index in [0.717, 1.165) is 24.6 Å². The fraction of sp³-hybridized carbons (Fsp3) is 0.800. The second-order valence-corrected chi connectivity index (χ2v) is 3.85. The normalized spacial score (nSPS) is 23.4. The number of hydrogen-bond acceptors (Lipinski definition) is 3. The molecule has 2 heterocycles. The summed E-state index contributed by atoms with van der Waals surface area (Å²) in [4.78, 5) is 4.46. The number of nitrogens with one attached hydrogen (secondary N) is 2. The Morgan fingerprint density at radius 2 is 2.29 bits per heavy atom. The van der Waals surface area contributed by atoms with E-state index in [4.69, 9.17) is 0 Å². The second-order valence-electron chi connectivity index (χ2n) is 3.85. The van der Waals surface area contributed by atoms with Crippen molar-refractivity contribution >= 4 is 0 Å². The molecule has 0 aromatic carbocycles. The summed E-state index contributed by atoms with van der Waals surface area (Å²) < 4.78 is 0. The smallest absolute Gasteiger partial charge is 0.167 e. The molecule has 1 saturated heterocycles. The summed E-state index contributed by atoms with van der Waals surface area (Å²) in [5.74, 6) is 1.94. The van der Waals surface area contributed by atoms with E-state index >= 15 is 0 Å². The van der Waals surface area contributed by atoms with Gasteiger partial charge in [0.25, 0.3) is 0 Å². The molecule has 0 radical (unpaired) electrons. The molecule has 0 spiro atoms. The topological polar surface area (TPSA) is 53.6 Å². The number of hydrogen-bond donors (Lipinski definition) is 2. The van der Waals surface area contributed by atoms with E-state index in [2.05, 4.69) is 27.4 Å². The van der Waals surface area contributed by atoms with Crippen LogP contribution in [0.25, 0.3) is 0 Å². The van der Waals surface area contributed by atoms with Crippen LogP contribution in [0.5, 0.6) is 0 Å². The Bertz CT molecular complexity index is 273. The van der Waals surface area contributed by atoms with Crippen LogP contribution in [-0.4, -0.2) is 21.7 Å². The van der Waals surface area contributed by atoms with Crippen molar-refractivity contribution in [1.29, 1.82) is 0 Å². The van der Waals surface area contributed by atoms with Gasteiger partial charge in [0.1, 0.15) is 5.82 Å². The number of aromatic amines is 1. The van der Waals surface area contributed by atoms with Crippen molar-refractivity contribution in [2.75, 3.05) is 6.54 Å². The molecule has 2 N–H and O–H groups in total. The van der Waals surface area contributed by atoms with Crippen LogP contribution < -0.4 is 5.32 Å². The molecule has 0 aliphatic carbocycles. The highest BCUT2D eigenvalue weighted by Gasteiger charge is 2.17. The summed E-state index contributed by atoms with van der Waals surface area (Å²) in [5.41, 5.74) is 0. The standard InChI is InChI=1S/C10H18N4/c1-2-9-12-10(14-13-9)8-6-4-3-5-7-11-8/h8,11H,2-7H2,1H3,(H,12,13,14). The lowest BCUT2D eigenvalue weighted by Crippen LogP contribution is -2.21. The van der Waals surface area contributed by atoms with Gasteiger partial charge in [0, 0.05) is 6.42 Å². The quantitative estimate of drug-likeness (QED) is 0.751. The van der Waals surface area contributed by atoms with Gasteiger partial charge in [-0.2, -0.15) is 5.10 Å². The van der Waals surface area contributed by atoms with E-state index in [1.54, 1.807) is 0 Å². The maximum absolute atomic E-state index is 4.46. The maximum Gasteiger partial charge on any atom is 0.167 e. The molecule has 1 aromatic rings. The number of H-pyrrole nitrogens is 1. The Balaban J connectivity index is 2.04. The zero-order chi connectivity index (χ0) is 9.80. The van der Waals surface area contributed by atoms with E-state index in [0.29, 0.717) is 6.04 Å². The Morgan fingerprint density at radius 3 is 3.07 bits per heavy atom. The lowest BCUT2D eigenvalue weighted by atomic mass is 10.1. The van der Waals surface area contributed by atoms with Crippen LogP contribution in [0.1, 0.15) is 50.3 Å². The van der Waals surface area contributed by atoms with Gasteiger partial charge in [-0.05, 0) is 19.4 Å².